The molecule has 0 spiro atoms. The normalized spacial score (nSPS) is 10.9. The molecule has 3 amide bonds. The van der Waals surface area contributed by atoms with E-state index in [4.69, 9.17) is 4.74 Å². The van der Waals surface area contributed by atoms with Crippen LogP contribution < -0.4 is 20.4 Å². The molecule has 0 unspecified atom stereocenters. The topological polar surface area (TPSA) is 137 Å². The molecule has 3 N–H and O–H groups in total. The Morgan fingerprint density at radius 3 is 2.26 bits per heavy atom. The van der Waals surface area contributed by atoms with Crippen molar-refractivity contribution in [3.05, 3.63) is 71.5 Å². The number of aryl methyl sites for hydroxylation is 1. The van der Waals surface area contributed by atoms with E-state index in [1.165, 1.54) is 4.90 Å². The van der Waals surface area contributed by atoms with Crippen LogP contribution in [0.2, 0.25) is 0 Å². The Morgan fingerprint density at radius 2 is 1.64 bits per heavy atom. The first-order valence-electron chi connectivity index (χ1n) is 12.3. The molecule has 0 atom stereocenters. The molecule has 39 heavy (non-hydrogen) atoms. The van der Waals surface area contributed by atoms with E-state index in [0.717, 1.165) is 5.69 Å². The molecule has 3 aromatic rings. The number of nitrogens with zero attached hydrogens (tertiary/aromatic N) is 4. The summed E-state index contributed by atoms with van der Waals surface area (Å²) in [5.74, 6) is 0.546. The number of nitrogens with one attached hydrogen (secondary N) is 2. The van der Waals surface area contributed by atoms with Crippen LogP contribution in [0.25, 0.3) is 0 Å². The molecular weight excluding hydrogens is 500 g/mol. The second-order valence-corrected chi connectivity index (χ2v) is 10.0. The summed E-state index contributed by atoms with van der Waals surface area (Å²) in [5.41, 5.74) is 2.14. The van der Waals surface area contributed by atoms with Gasteiger partial charge in [0.25, 0.3) is 5.91 Å². The third-order valence-corrected chi connectivity index (χ3v) is 5.38. The van der Waals surface area contributed by atoms with Crippen molar-refractivity contribution in [3.8, 4) is 0 Å². The minimum atomic E-state index is -1.13. The molecular formula is C28H34N6O5. The van der Waals surface area contributed by atoms with Gasteiger partial charge >= 0.3 is 12.2 Å². The molecule has 0 aliphatic rings. The predicted octanol–water partition coefficient (Wildman–Crippen LogP) is 5.18. The van der Waals surface area contributed by atoms with Crippen molar-refractivity contribution in [3.63, 3.8) is 0 Å². The molecule has 0 radical (unpaired) electrons. The molecule has 11 nitrogen and oxygen atoms in total. The second kappa shape index (κ2) is 12.2. The van der Waals surface area contributed by atoms with Gasteiger partial charge in [0.1, 0.15) is 17.2 Å². The molecule has 0 fully saturated rings. The standard InChI is InChI=1S/C28H34N6O5/c1-18-10-15-22(24(29-18)33(5)6)25(35)31-20-11-13-21(14-12-20)34(27(37)38)17-16-19-8-7-9-23(30-19)32-26(36)39-28(2,3)4/h7-15H,16-17H2,1-6H3,(H,31,35)(H,37,38)(H,30,32,36). The maximum atomic E-state index is 12.9. The monoisotopic (exact) mass is 534 g/mol. The molecule has 0 saturated carbocycles. The van der Waals surface area contributed by atoms with Crippen LogP contribution in [-0.4, -0.2) is 59.4 Å². The number of hydrogen-bond acceptors (Lipinski definition) is 7. The summed E-state index contributed by atoms with van der Waals surface area (Å²) < 4.78 is 5.24. The van der Waals surface area contributed by atoms with Crippen molar-refractivity contribution in [1.82, 2.24) is 9.97 Å². The Bertz CT molecular complexity index is 1340. The van der Waals surface area contributed by atoms with Gasteiger partial charge in [0.05, 0.1) is 5.56 Å². The van der Waals surface area contributed by atoms with Gasteiger partial charge in [-0.15, -0.1) is 0 Å². The van der Waals surface area contributed by atoms with Crippen LogP contribution in [0.4, 0.5) is 32.6 Å². The van der Waals surface area contributed by atoms with E-state index in [1.807, 2.05) is 21.0 Å². The van der Waals surface area contributed by atoms with Gasteiger partial charge in [-0.25, -0.2) is 19.6 Å². The molecule has 11 heteroatoms. The minimum Gasteiger partial charge on any atom is -0.465 e. The summed E-state index contributed by atoms with van der Waals surface area (Å²) in [5, 5.41) is 15.2. The Kier molecular flexibility index (Phi) is 9.08. The van der Waals surface area contributed by atoms with Crippen molar-refractivity contribution in [2.24, 2.45) is 0 Å². The highest BCUT2D eigenvalue weighted by atomic mass is 16.6. The average molecular weight is 535 g/mol. The lowest BCUT2D eigenvalue weighted by Gasteiger charge is -2.20. The molecule has 0 aliphatic carbocycles. The van der Waals surface area contributed by atoms with Crippen molar-refractivity contribution >= 4 is 41.1 Å². The van der Waals surface area contributed by atoms with Crippen molar-refractivity contribution in [2.75, 3.05) is 41.1 Å². The van der Waals surface area contributed by atoms with E-state index in [2.05, 4.69) is 20.6 Å². The molecule has 0 bridgehead atoms. The Hall–Kier alpha value is -4.67. The van der Waals surface area contributed by atoms with Crippen LogP contribution in [-0.2, 0) is 11.2 Å². The number of benzene rings is 1. The number of aromatic nitrogens is 2. The average Bonchev–Trinajstić information content (AvgIpc) is 2.83. The first-order chi connectivity index (χ1) is 18.3. The largest absolute Gasteiger partial charge is 0.465 e. The van der Waals surface area contributed by atoms with Crippen LogP contribution in [0.5, 0.6) is 0 Å². The fraction of sp³-hybridized carbons (Fsp3) is 0.321. The Morgan fingerprint density at radius 1 is 0.949 bits per heavy atom. The highest BCUT2D eigenvalue weighted by molar-refractivity contribution is 6.07. The number of ether oxygens (including phenoxy) is 1. The Balaban J connectivity index is 1.66. The molecule has 0 aliphatic heterocycles. The van der Waals surface area contributed by atoms with Gasteiger partial charge in [-0.1, -0.05) is 6.07 Å². The number of rotatable bonds is 8. The maximum absolute atomic E-state index is 12.9. The van der Waals surface area contributed by atoms with E-state index in [-0.39, 0.29) is 12.5 Å². The second-order valence-electron chi connectivity index (χ2n) is 10.0. The highest BCUT2D eigenvalue weighted by Crippen LogP contribution is 2.22. The quantitative estimate of drug-likeness (QED) is 0.360. The lowest BCUT2D eigenvalue weighted by molar-refractivity contribution is 0.0635. The number of pyridine rings is 2. The lowest BCUT2D eigenvalue weighted by atomic mass is 10.2. The molecule has 2 heterocycles. The van der Waals surface area contributed by atoms with Crippen LogP contribution in [0.15, 0.2) is 54.6 Å². The summed E-state index contributed by atoms with van der Waals surface area (Å²) in [6.07, 6.45) is -1.44. The van der Waals surface area contributed by atoms with Crippen LogP contribution in [0, 0.1) is 6.92 Å². The van der Waals surface area contributed by atoms with Gasteiger partial charge in [-0.2, -0.15) is 0 Å². The third kappa shape index (κ3) is 8.42. The molecule has 3 rings (SSSR count). The zero-order valence-corrected chi connectivity index (χ0v) is 23.0. The van der Waals surface area contributed by atoms with Crippen LogP contribution >= 0.6 is 0 Å². The number of carbonyl (C=O) groups excluding carboxylic acids is 2. The summed E-state index contributed by atoms with van der Waals surface area (Å²) in [6, 6.07) is 15.1. The highest BCUT2D eigenvalue weighted by Gasteiger charge is 2.19. The van der Waals surface area contributed by atoms with E-state index in [9.17, 15) is 19.5 Å². The smallest absolute Gasteiger partial charge is 0.413 e. The first kappa shape index (κ1) is 28.9. The van der Waals surface area contributed by atoms with Gasteiger partial charge in [0.15, 0.2) is 0 Å². The SMILES string of the molecule is Cc1ccc(C(=O)Nc2ccc(N(CCc3cccc(NC(=O)OC(C)(C)C)n3)C(=O)O)cc2)c(N(C)C)n1. The van der Waals surface area contributed by atoms with E-state index in [1.54, 1.807) is 80.3 Å². The third-order valence-electron chi connectivity index (χ3n) is 5.38. The fourth-order valence-corrected chi connectivity index (χ4v) is 3.64. The van der Waals surface area contributed by atoms with Crippen LogP contribution in [0.3, 0.4) is 0 Å². The summed E-state index contributed by atoms with van der Waals surface area (Å²) in [4.78, 5) is 48.7. The fourth-order valence-electron chi connectivity index (χ4n) is 3.64. The number of carbonyl (C=O) groups is 3. The maximum Gasteiger partial charge on any atom is 0.413 e. The van der Waals surface area contributed by atoms with Gasteiger partial charge in [-0.3, -0.25) is 15.0 Å². The van der Waals surface area contributed by atoms with E-state index < -0.39 is 17.8 Å². The van der Waals surface area contributed by atoms with Crippen molar-refractivity contribution in [1.29, 1.82) is 0 Å². The number of carboxylic acid groups (broad SMARTS) is 1. The van der Waals surface area contributed by atoms with E-state index in [0.29, 0.717) is 40.7 Å². The summed E-state index contributed by atoms with van der Waals surface area (Å²) in [6.45, 7) is 7.28. The molecule has 0 saturated heterocycles. The van der Waals surface area contributed by atoms with Crippen molar-refractivity contribution in [2.45, 2.75) is 39.7 Å². The lowest BCUT2D eigenvalue weighted by Crippen LogP contribution is -2.31. The van der Waals surface area contributed by atoms with Gasteiger partial charge < -0.3 is 20.1 Å². The van der Waals surface area contributed by atoms with Crippen molar-refractivity contribution < 1.29 is 24.2 Å². The predicted molar refractivity (Wildman–Crippen MR) is 151 cm³/mol. The van der Waals surface area contributed by atoms with E-state index >= 15 is 0 Å². The van der Waals surface area contributed by atoms with Crippen LogP contribution in [0.1, 0.15) is 42.5 Å². The summed E-state index contributed by atoms with van der Waals surface area (Å²) >= 11 is 0. The zero-order chi connectivity index (χ0) is 28.7. The Labute approximate surface area is 227 Å². The van der Waals surface area contributed by atoms with Gasteiger partial charge in [-0.05, 0) is 76.2 Å². The number of hydrogen-bond donors (Lipinski definition) is 3. The number of amides is 3. The minimum absolute atomic E-state index is 0.130. The van der Waals surface area contributed by atoms with Gasteiger partial charge in [0, 0.05) is 49.8 Å². The first-order valence-corrected chi connectivity index (χ1v) is 12.3. The summed E-state index contributed by atoms with van der Waals surface area (Å²) in [7, 11) is 3.63. The molecule has 2 aromatic heterocycles. The zero-order valence-electron chi connectivity index (χ0n) is 23.0. The molecule has 206 valence electrons. The molecule has 1 aromatic carbocycles. The number of anilines is 4. The van der Waals surface area contributed by atoms with Gasteiger partial charge in [0.2, 0.25) is 0 Å².